The number of para-hydroxylation sites is 1. The summed E-state index contributed by atoms with van der Waals surface area (Å²) in [5.74, 6) is 0.762. The molecule has 0 fully saturated rings. The average Bonchev–Trinajstić information content (AvgIpc) is 2.84. The van der Waals surface area contributed by atoms with E-state index in [1.807, 2.05) is 0 Å². The minimum atomic E-state index is 0.762. The number of aromatic nitrogens is 1. The van der Waals surface area contributed by atoms with Crippen LogP contribution in [-0.2, 0) is 6.54 Å². The highest BCUT2D eigenvalue weighted by Crippen LogP contribution is 2.32. The molecule has 0 saturated carbocycles. The zero-order valence-electron chi connectivity index (χ0n) is 13.5. The maximum Gasteiger partial charge on any atom is 0.0502 e. The first-order chi connectivity index (χ1) is 10.7. The van der Waals surface area contributed by atoms with Gasteiger partial charge < -0.3 is 4.57 Å². The van der Waals surface area contributed by atoms with Crippen molar-refractivity contribution in [2.45, 2.75) is 46.1 Å². The zero-order valence-corrected chi connectivity index (χ0v) is 15.1. The summed E-state index contributed by atoms with van der Waals surface area (Å²) in [7, 11) is 0. The molecule has 2 heteroatoms. The minimum absolute atomic E-state index is 0.762. The molecule has 22 heavy (non-hydrogen) atoms. The molecule has 0 amide bonds. The topological polar surface area (TPSA) is 4.93 Å². The molecule has 0 aliphatic carbocycles. The van der Waals surface area contributed by atoms with Gasteiger partial charge in [0, 0.05) is 27.3 Å². The van der Waals surface area contributed by atoms with Crippen LogP contribution in [0.5, 0.6) is 0 Å². The number of rotatable bonds is 6. The van der Waals surface area contributed by atoms with Gasteiger partial charge in [-0.15, -0.1) is 0 Å². The Morgan fingerprint density at radius 2 is 1.77 bits per heavy atom. The van der Waals surface area contributed by atoms with Gasteiger partial charge in [-0.2, -0.15) is 0 Å². The predicted molar refractivity (Wildman–Crippen MR) is 100 cm³/mol. The average molecular weight is 358 g/mol. The van der Waals surface area contributed by atoms with Gasteiger partial charge in [0.05, 0.1) is 5.52 Å². The number of halogens is 1. The summed E-state index contributed by atoms with van der Waals surface area (Å²) in [5.41, 5.74) is 2.72. The number of nitrogens with zero attached hydrogens (tertiary/aromatic N) is 1. The first kappa shape index (κ1) is 15.6. The van der Waals surface area contributed by atoms with E-state index in [0.29, 0.717) is 0 Å². The molecule has 116 valence electrons. The lowest BCUT2D eigenvalue weighted by Crippen LogP contribution is -2.10. The van der Waals surface area contributed by atoms with E-state index < -0.39 is 0 Å². The van der Waals surface area contributed by atoms with E-state index in [1.54, 1.807) is 0 Å². The fourth-order valence-corrected chi connectivity index (χ4v) is 3.74. The van der Waals surface area contributed by atoms with Crippen molar-refractivity contribution in [3.05, 3.63) is 46.9 Å². The third-order valence-electron chi connectivity index (χ3n) is 4.72. The van der Waals surface area contributed by atoms with Gasteiger partial charge in [-0.1, -0.05) is 73.3 Å². The molecular formula is C20H24BrN. The fraction of sp³-hybridized carbons (Fsp3) is 0.400. The molecule has 0 N–H and O–H groups in total. The molecule has 1 atom stereocenters. The van der Waals surface area contributed by atoms with Gasteiger partial charge in [0.25, 0.3) is 0 Å². The van der Waals surface area contributed by atoms with Gasteiger partial charge in [0.15, 0.2) is 0 Å². The van der Waals surface area contributed by atoms with E-state index >= 15 is 0 Å². The van der Waals surface area contributed by atoms with Gasteiger partial charge in [0.2, 0.25) is 0 Å². The van der Waals surface area contributed by atoms with Crippen LogP contribution in [0.3, 0.4) is 0 Å². The number of benzene rings is 2. The standard InChI is InChI=1S/C20H24BrN/c1-3-5-8-15(4-2)14-22-19-10-7-6-9-17(19)18-12-11-16(21)13-20(18)22/h6-7,9-13,15H,3-5,8,14H2,1-2H3. The number of unbranched alkanes of at least 4 members (excludes halogenated alkanes) is 1. The van der Waals surface area contributed by atoms with Crippen LogP contribution < -0.4 is 0 Å². The highest BCUT2D eigenvalue weighted by molar-refractivity contribution is 9.10. The molecule has 2 aromatic carbocycles. The maximum absolute atomic E-state index is 3.64. The van der Waals surface area contributed by atoms with Crippen LogP contribution in [0.15, 0.2) is 46.9 Å². The summed E-state index contributed by atoms with van der Waals surface area (Å²) in [6.45, 7) is 5.73. The summed E-state index contributed by atoms with van der Waals surface area (Å²) in [6.07, 6.45) is 5.20. The van der Waals surface area contributed by atoms with Crippen LogP contribution >= 0.6 is 15.9 Å². The second-order valence-electron chi connectivity index (χ2n) is 6.21. The van der Waals surface area contributed by atoms with E-state index in [2.05, 4.69) is 76.8 Å². The van der Waals surface area contributed by atoms with Crippen LogP contribution in [0.4, 0.5) is 0 Å². The molecule has 0 radical (unpaired) electrons. The first-order valence-corrected chi connectivity index (χ1v) is 9.20. The van der Waals surface area contributed by atoms with Gasteiger partial charge in [0.1, 0.15) is 0 Å². The summed E-state index contributed by atoms with van der Waals surface area (Å²) in [5, 5.41) is 2.74. The summed E-state index contributed by atoms with van der Waals surface area (Å²) >= 11 is 3.64. The van der Waals surface area contributed by atoms with Crippen molar-refractivity contribution in [1.29, 1.82) is 0 Å². The zero-order chi connectivity index (χ0) is 15.5. The van der Waals surface area contributed by atoms with E-state index in [-0.39, 0.29) is 0 Å². The third-order valence-corrected chi connectivity index (χ3v) is 5.21. The quantitative estimate of drug-likeness (QED) is 0.458. The van der Waals surface area contributed by atoms with E-state index in [1.165, 1.54) is 47.5 Å². The molecule has 0 aliphatic heterocycles. The molecular weight excluding hydrogens is 334 g/mol. The highest BCUT2D eigenvalue weighted by Gasteiger charge is 2.14. The Labute approximate surface area is 141 Å². The number of hydrogen-bond acceptors (Lipinski definition) is 0. The largest absolute Gasteiger partial charge is 0.340 e. The van der Waals surface area contributed by atoms with Gasteiger partial charge in [-0.05, 0) is 30.5 Å². The van der Waals surface area contributed by atoms with Gasteiger partial charge in [-0.25, -0.2) is 0 Å². The summed E-state index contributed by atoms with van der Waals surface area (Å²) < 4.78 is 3.69. The molecule has 3 rings (SSSR count). The molecule has 0 bridgehead atoms. The Hall–Kier alpha value is -1.28. The van der Waals surface area contributed by atoms with Crippen LogP contribution in [0.1, 0.15) is 39.5 Å². The molecule has 1 unspecified atom stereocenters. The van der Waals surface area contributed by atoms with Crippen molar-refractivity contribution in [1.82, 2.24) is 4.57 Å². The maximum atomic E-state index is 3.64. The normalized spacial score (nSPS) is 13.0. The molecule has 0 spiro atoms. The van der Waals surface area contributed by atoms with Gasteiger partial charge >= 0.3 is 0 Å². The van der Waals surface area contributed by atoms with Crippen LogP contribution in [0.2, 0.25) is 0 Å². The molecule has 3 aromatic rings. The van der Waals surface area contributed by atoms with Crippen molar-refractivity contribution >= 4 is 37.7 Å². The van der Waals surface area contributed by atoms with Crippen LogP contribution in [0.25, 0.3) is 21.8 Å². The van der Waals surface area contributed by atoms with Gasteiger partial charge in [-0.3, -0.25) is 0 Å². The Kier molecular flexibility index (Phi) is 4.87. The Bertz CT molecular complexity index is 772. The minimum Gasteiger partial charge on any atom is -0.340 e. The monoisotopic (exact) mass is 357 g/mol. The Morgan fingerprint density at radius 3 is 2.55 bits per heavy atom. The molecule has 1 heterocycles. The van der Waals surface area contributed by atoms with Crippen molar-refractivity contribution in [2.75, 3.05) is 0 Å². The second-order valence-corrected chi connectivity index (χ2v) is 7.12. The third kappa shape index (κ3) is 2.94. The lowest BCUT2D eigenvalue weighted by atomic mass is 9.99. The van der Waals surface area contributed by atoms with E-state index in [4.69, 9.17) is 0 Å². The predicted octanol–water partition coefficient (Wildman–Crippen LogP) is 6.77. The summed E-state index contributed by atoms with van der Waals surface area (Å²) in [4.78, 5) is 0. The summed E-state index contributed by atoms with van der Waals surface area (Å²) in [6, 6.07) is 15.5. The number of hydrogen-bond donors (Lipinski definition) is 0. The SMILES string of the molecule is CCCCC(CC)Cn1c2ccccc2c2ccc(Br)cc21. The van der Waals surface area contributed by atoms with Crippen molar-refractivity contribution in [3.8, 4) is 0 Å². The van der Waals surface area contributed by atoms with Crippen molar-refractivity contribution in [3.63, 3.8) is 0 Å². The number of fused-ring (bicyclic) bond motifs is 3. The Morgan fingerprint density at radius 1 is 1.00 bits per heavy atom. The van der Waals surface area contributed by atoms with Crippen LogP contribution in [0, 0.1) is 5.92 Å². The van der Waals surface area contributed by atoms with Crippen LogP contribution in [-0.4, -0.2) is 4.57 Å². The van der Waals surface area contributed by atoms with Crippen molar-refractivity contribution in [2.24, 2.45) is 5.92 Å². The molecule has 1 nitrogen and oxygen atoms in total. The Balaban J connectivity index is 2.10. The molecule has 0 aliphatic rings. The van der Waals surface area contributed by atoms with Crippen molar-refractivity contribution < 1.29 is 0 Å². The fourth-order valence-electron chi connectivity index (χ4n) is 3.39. The van der Waals surface area contributed by atoms with E-state index in [0.717, 1.165) is 16.9 Å². The second kappa shape index (κ2) is 6.87. The van der Waals surface area contributed by atoms with E-state index in [9.17, 15) is 0 Å². The lowest BCUT2D eigenvalue weighted by molar-refractivity contribution is 0.401. The first-order valence-electron chi connectivity index (χ1n) is 8.41. The lowest BCUT2D eigenvalue weighted by Gasteiger charge is -2.17. The molecule has 0 saturated heterocycles. The smallest absolute Gasteiger partial charge is 0.0502 e. The molecule has 1 aromatic heterocycles. The highest BCUT2D eigenvalue weighted by atomic mass is 79.9.